The Balaban J connectivity index is 0. The van der Waals surface area contributed by atoms with Crippen molar-refractivity contribution in [2.24, 2.45) is 0 Å². The van der Waals surface area contributed by atoms with E-state index in [1.54, 1.807) is 14.0 Å². The Morgan fingerprint density at radius 1 is 1.78 bits per heavy atom. The summed E-state index contributed by atoms with van der Waals surface area (Å²) in [5, 5.41) is 2.50. The van der Waals surface area contributed by atoms with Gasteiger partial charge < -0.3 is 9.42 Å². The molecule has 0 rings (SSSR count). The van der Waals surface area contributed by atoms with Crippen LogP contribution in [0.25, 0.3) is 0 Å². The van der Waals surface area contributed by atoms with E-state index in [1.165, 1.54) is 0 Å². The Bertz CT molecular complexity index is 112. The standard InChI is InChI=1S/C3H10NO2PS.Na/c1-3-6-7(5,8)4-2;/h3H2,1-2H3,(H2,4,5,8);. The summed E-state index contributed by atoms with van der Waals surface area (Å²) in [6.45, 7) is -0.351. The third-order valence-corrected chi connectivity index (χ3v) is 2.62. The van der Waals surface area contributed by atoms with Crippen molar-refractivity contribution < 1.29 is 9.42 Å². The van der Waals surface area contributed by atoms with Gasteiger partial charge >= 0.3 is 0 Å². The summed E-state index contributed by atoms with van der Waals surface area (Å²) in [5.74, 6) is 0. The van der Waals surface area contributed by atoms with E-state index >= 15 is 0 Å². The van der Waals surface area contributed by atoms with E-state index in [0.29, 0.717) is 6.61 Å². The quantitative estimate of drug-likeness (QED) is 0.474. The molecule has 3 nitrogen and oxygen atoms in total. The molecule has 0 bridgehead atoms. The molecule has 0 aromatic carbocycles. The molecule has 0 aliphatic rings. The molecular formula is C3H10NNaO2PS. The normalized spacial score (nSPS) is 15.9. The van der Waals surface area contributed by atoms with Gasteiger partial charge in [-0.15, -0.1) is 0 Å². The largest absolute Gasteiger partial charge is 0.334 e. The van der Waals surface area contributed by atoms with Crippen molar-refractivity contribution in [3.63, 3.8) is 0 Å². The maximum Gasteiger partial charge on any atom is 0.258 e. The third kappa shape index (κ3) is 7.43. The van der Waals surface area contributed by atoms with Crippen LogP contribution in [0.4, 0.5) is 0 Å². The first-order valence-corrected chi connectivity index (χ1v) is 4.96. The maximum atomic E-state index is 8.92. The van der Waals surface area contributed by atoms with Crippen LogP contribution in [0.1, 0.15) is 6.92 Å². The fourth-order valence-electron chi connectivity index (χ4n) is 0.240. The first kappa shape index (κ1) is 13.1. The van der Waals surface area contributed by atoms with Crippen LogP contribution in [0.2, 0.25) is 0 Å². The monoisotopic (exact) mass is 178 g/mol. The van der Waals surface area contributed by atoms with Crippen LogP contribution in [0, 0.1) is 0 Å². The molecule has 51 valence electrons. The zero-order valence-electron chi connectivity index (χ0n) is 5.92. The molecule has 1 atom stereocenters. The van der Waals surface area contributed by atoms with Crippen molar-refractivity contribution in [1.82, 2.24) is 5.09 Å². The molecule has 6 heteroatoms. The molecular weight excluding hydrogens is 168 g/mol. The first-order chi connectivity index (χ1) is 3.62. The molecule has 0 aromatic heterocycles. The van der Waals surface area contributed by atoms with Crippen molar-refractivity contribution in [3.8, 4) is 0 Å². The average molecular weight is 178 g/mol. The smallest absolute Gasteiger partial charge is 0.258 e. The Labute approximate surface area is 82.7 Å². The molecule has 1 radical (unpaired) electrons. The van der Waals surface area contributed by atoms with Gasteiger partial charge in [0.15, 0.2) is 0 Å². The Hall–Kier alpha value is 1.53. The maximum absolute atomic E-state index is 8.92. The predicted molar refractivity (Wildman–Crippen MR) is 42.9 cm³/mol. The van der Waals surface area contributed by atoms with Gasteiger partial charge in [0.2, 0.25) is 0 Å². The van der Waals surface area contributed by atoms with Crippen molar-refractivity contribution in [2.75, 3.05) is 13.7 Å². The van der Waals surface area contributed by atoms with E-state index in [9.17, 15) is 0 Å². The molecule has 0 saturated carbocycles. The fourth-order valence-corrected chi connectivity index (χ4v) is 1.03. The minimum atomic E-state index is -2.59. The van der Waals surface area contributed by atoms with E-state index in [1.807, 2.05) is 0 Å². The Morgan fingerprint density at radius 2 is 2.22 bits per heavy atom. The molecule has 0 aromatic rings. The number of hydrogen-bond donors (Lipinski definition) is 2. The van der Waals surface area contributed by atoms with Gasteiger partial charge in [-0.3, -0.25) is 0 Å². The SMILES string of the molecule is CCOP(O)(=S)NC.[Na]. The van der Waals surface area contributed by atoms with Crippen LogP contribution in [0.15, 0.2) is 0 Å². The zero-order chi connectivity index (χ0) is 6.62. The van der Waals surface area contributed by atoms with Gasteiger partial charge in [-0.05, 0) is 25.8 Å². The van der Waals surface area contributed by atoms with Gasteiger partial charge in [-0.25, -0.2) is 5.09 Å². The van der Waals surface area contributed by atoms with E-state index in [2.05, 4.69) is 16.9 Å². The van der Waals surface area contributed by atoms with Gasteiger partial charge in [-0.2, -0.15) is 0 Å². The second kappa shape index (κ2) is 6.25. The molecule has 0 aliphatic heterocycles. The van der Waals surface area contributed by atoms with Crippen LogP contribution in [-0.4, -0.2) is 48.1 Å². The Kier molecular flexibility index (Phi) is 9.13. The molecule has 0 spiro atoms. The minimum Gasteiger partial charge on any atom is -0.334 e. The molecule has 1 unspecified atom stereocenters. The fraction of sp³-hybridized carbons (Fsp3) is 1.00. The van der Waals surface area contributed by atoms with Crippen LogP contribution in [0.5, 0.6) is 0 Å². The first-order valence-electron chi connectivity index (χ1n) is 2.28. The van der Waals surface area contributed by atoms with Gasteiger partial charge in [0.1, 0.15) is 0 Å². The minimum absolute atomic E-state index is 0. The van der Waals surface area contributed by atoms with Gasteiger partial charge in [0, 0.05) is 29.6 Å². The van der Waals surface area contributed by atoms with Crippen LogP contribution < -0.4 is 5.09 Å². The molecule has 2 N–H and O–H groups in total. The van der Waals surface area contributed by atoms with Gasteiger partial charge in [-0.1, -0.05) is 0 Å². The van der Waals surface area contributed by atoms with E-state index in [0.717, 1.165) is 0 Å². The van der Waals surface area contributed by atoms with Crippen LogP contribution >= 0.6 is 6.64 Å². The van der Waals surface area contributed by atoms with Crippen molar-refractivity contribution in [2.45, 2.75) is 6.92 Å². The predicted octanol–water partition coefficient (Wildman–Crippen LogP) is 0.0783. The molecule has 9 heavy (non-hydrogen) atoms. The van der Waals surface area contributed by atoms with Crippen molar-refractivity contribution in [1.29, 1.82) is 0 Å². The third-order valence-electron chi connectivity index (χ3n) is 0.587. The molecule has 0 saturated heterocycles. The summed E-state index contributed by atoms with van der Waals surface area (Å²) < 4.78 is 4.75. The summed E-state index contributed by atoms with van der Waals surface area (Å²) in [4.78, 5) is 8.92. The van der Waals surface area contributed by atoms with E-state index in [-0.39, 0.29) is 29.6 Å². The Morgan fingerprint density at radius 3 is 2.33 bits per heavy atom. The number of rotatable bonds is 3. The van der Waals surface area contributed by atoms with Crippen molar-refractivity contribution >= 4 is 48.0 Å². The summed E-state index contributed by atoms with van der Waals surface area (Å²) in [6.07, 6.45) is 0. The average Bonchev–Trinajstić information content (AvgIpc) is 1.67. The second-order valence-electron chi connectivity index (χ2n) is 1.16. The van der Waals surface area contributed by atoms with Gasteiger partial charge in [0.25, 0.3) is 6.64 Å². The van der Waals surface area contributed by atoms with E-state index < -0.39 is 6.64 Å². The molecule has 0 fully saturated rings. The summed E-state index contributed by atoms with van der Waals surface area (Å²) >= 11 is 4.58. The summed E-state index contributed by atoms with van der Waals surface area (Å²) in [6, 6.07) is 0. The second-order valence-corrected chi connectivity index (χ2v) is 4.39. The zero-order valence-corrected chi connectivity index (χ0v) is 9.63. The summed E-state index contributed by atoms with van der Waals surface area (Å²) in [7, 11) is 1.58. The van der Waals surface area contributed by atoms with Gasteiger partial charge in [0.05, 0.1) is 6.61 Å². The van der Waals surface area contributed by atoms with E-state index in [4.69, 9.17) is 9.42 Å². The number of nitrogens with one attached hydrogen (secondary N) is 1. The topological polar surface area (TPSA) is 41.5 Å². The van der Waals surface area contributed by atoms with Crippen LogP contribution in [-0.2, 0) is 16.3 Å². The molecule has 0 aliphatic carbocycles. The summed E-state index contributed by atoms with van der Waals surface area (Å²) in [5.41, 5.74) is 0. The van der Waals surface area contributed by atoms with Crippen molar-refractivity contribution in [3.05, 3.63) is 0 Å². The number of hydrogen-bond acceptors (Lipinski definition) is 2. The molecule has 0 heterocycles. The molecule has 0 amide bonds. The van der Waals surface area contributed by atoms with Crippen LogP contribution in [0.3, 0.4) is 0 Å².